The van der Waals surface area contributed by atoms with Crippen LogP contribution in [0.1, 0.15) is 34.5 Å². The predicted molar refractivity (Wildman–Crippen MR) is 106 cm³/mol. The van der Waals surface area contributed by atoms with Crippen LogP contribution in [-0.2, 0) is 5.60 Å². The number of carbonyl (C=O) groups is 1. The van der Waals surface area contributed by atoms with Crippen LogP contribution in [0.2, 0.25) is 0 Å². The lowest BCUT2D eigenvalue weighted by Gasteiger charge is -2.40. The van der Waals surface area contributed by atoms with Gasteiger partial charge in [-0.15, -0.1) is 0 Å². The van der Waals surface area contributed by atoms with Gasteiger partial charge in [0, 0.05) is 30.1 Å². The van der Waals surface area contributed by atoms with Gasteiger partial charge >= 0.3 is 0 Å². The number of rotatable bonds is 4. The molecule has 7 heteroatoms. The molecule has 0 radical (unpaired) electrons. The number of piperidine rings is 1. The summed E-state index contributed by atoms with van der Waals surface area (Å²) in [5, 5.41) is 15.5. The SMILES string of the molecule is COc1ccccc1C1(O)CCCN(C(=O)c2c(-c3ccncc3)noc2C)C1. The van der Waals surface area contributed by atoms with E-state index in [1.807, 2.05) is 24.3 Å². The van der Waals surface area contributed by atoms with Gasteiger partial charge < -0.3 is 19.3 Å². The molecule has 1 amide bonds. The fourth-order valence-corrected chi connectivity index (χ4v) is 3.95. The van der Waals surface area contributed by atoms with E-state index in [0.29, 0.717) is 47.7 Å². The number of likely N-dealkylation sites (tertiary alicyclic amines) is 1. The van der Waals surface area contributed by atoms with Crippen LogP contribution in [0.4, 0.5) is 0 Å². The Bertz CT molecular complexity index is 1020. The molecule has 150 valence electrons. The van der Waals surface area contributed by atoms with E-state index in [2.05, 4.69) is 10.1 Å². The van der Waals surface area contributed by atoms with E-state index in [-0.39, 0.29) is 12.5 Å². The van der Waals surface area contributed by atoms with Gasteiger partial charge in [-0.3, -0.25) is 9.78 Å². The van der Waals surface area contributed by atoms with Crippen molar-refractivity contribution >= 4 is 5.91 Å². The average Bonchev–Trinajstić information content (AvgIpc) is 3.15. The summed E-state index contributed by atoms with van der Waals surface area (Å²) in [7, 11) is 1.58. The van der Waals surface area contributed by atoms with E-state index in [9.17, 15) is 9.90 Å². The molecule has 1 N–H and O–H groups in total. The topological polar surface area (TPSA) is 88.7 Å². The summed E-state index contributed by atoms with van der Waals surface area (Å²) in [5.74, 6) is 0.861. The van der Waals surface area contributed by atoms with Crippen molar-refractivity contribution in [3.8, 4) is 17.0 Å². The summed E-state index contributed by atoms with van der Waals surface area (Å²) < 4.78 is 10.8. The molecule has 1 saturated heterocycles. The number of para-hydroxylation sites is 1. The first-order chi connectivity index (χ1) is 14.0. The quantitative estimate of drug-likeness (QED) is 0.732. The summed E-state index contributed by atoms with van der Waals surface area (Å²) in [6.45, 7) is 2.45. The van der Waals surface area contributed by atoms with Crippen LogP contribution in [0.3, 0.4) is 0 Å². The van der Waals surface area contributed by atoms with Crippen LogP contribution in [0, 0.1) is 6.92 Å². The number of hydrogen-bond acceptors (Lipinski definition) is 6. The molecule has 1 fully saturated rings. The number of β-amino-alcohol motifs (C(OH)–C–C–N with tert-alkyl or cyclic N) is 1. The third kappa shape index (κ3) is 3.49. The lowest BCUT2D eigenvalue weighted by molar-refractivity contribution is -0.0303. The molecule has 0 aliphatic carbocycles. The van der Waals surface area contributed by atoms with Gasteiger partial charge in [-0.2, -0.15) is 0 Å². The highest BCUT2D eigenvalue weighted by Gasteiger charge is 2.40. The molecule has 4 rings (SSSR count). The van der Waals surface area contributed by atoms with Crippen LogP contribution < -0.4 is 4.74 Å². The maximum atomic E-state index is 13.4. The Labute approximate surface area is 168 Å². The second-order valence-corrected chi connectivity index (χ2v) is 7.26. The molecule has 3 aromatic rings. The first-order valence-corrected chi connectivity index (χ1v) is 9.55. The zero-order chi connectivity index (χ0) is 20.4. The Balaban J connectivity index is 1.66. The van der Waals surface area contributed by atoms with Crippen molar-refractivity contribution < 1.29 is 19.2 Å². The Morgan fingerprint density at radius 3 is 2.76 bits per heavy atom. The Hall–Kier alpha value is -3.19. The summed E-state index contributed by atoms with van der Waals surface area (Å²) in [5.41, 5.74) is 1.18. The van der Waals surface area contributed by atoms with Crippen LogP contribution in [0.5, 0.6) is 5.75 Å². The lowest BCUT2D eigenvalue weighted by atomic mass is 9.84. The number of carbonyl (C=O) groups excluding carboxylic acids is 1. The molecule has 0 bridgehead atoms. The first kappa shape index (κ1) is 19.1. The standard InChI is InChI=1S/C22H23N3O4/c1-15-19(20(24-29-15)16-8-11-23-12-9-16)21(26)25-13-5-10-22(27,14-25)17-6-3-4-7-18(17)28-2/h3-4,6-9,11-12,27H,5,10,13-14H2,1-2H3. The summed E-state index contributed by atoms with van der Waals surface area (Å²) in [6.07, 6.45) is 4.52. The molecular weight excluding hydrogens is 370 g/mol. The molecule has 2 aromatic heterocycles. The molecule has 1 aliphatic rings. The number of pyridine rings is 1. The molecule has 0 saturated carbocycles. The summed E-state index contributed by atoms with van der Waals surface area (Å²) in [6, 6.07) is 11.0. The van der Waals surface area contributed by atoms with E-state index >= 15 is 0 Å². The summed E-state index contributed by atoms with van der Waals surface area (Å²) in [4.78, 5) is 19.1. The zero-order valence-electron chi connectivity index (χ0n) is 16.5. The van der Waals surface area contributed by atoms with Crippen molar-refractivity contribution in [2.24, 2.45) is 0 Å². The number of nitrogens with zero attached hydrogens (tertiary/aromatic N) is 3. The molecule has 7 nitrogen and oxygen atoms in total. The molecular formula is C22H23N3O4. The average molecular weight is 393 g/mol. The molecule has 1 atom stereocenters. The van der Waals surface area contributed by atoms with E-state index < -0.39 is 5.60 Å². The van der Waals surface area contributed by atoms with Gasteiger partial charge in [-0.25, -0.2) is 0 Å². The number of amides is 1. The number of aromatic nitrogens is 2. The normalized spacial score (nSPS) is 19.2. The van der Waals surface area contributed by atoms with Crippen molar-refractivity contribution in [3.63, 3.8) is 0 Å². The number of methoxy groups -OCH3 is 1. The Kier molecular flexibility index (Phi) is 5.07. The maximum absolute atomic E-state index is 13.4. The number of benzene rings is 1. The molecule has 1 aliphatic heterocycles. The minimum Gasteiger partial charge on any atom is -0.496 e. The van der Waals surface area contributed by atoms with Gasteiger partial charge in [0.15, 0.2) is 0 Å². The van der Waals surface area contributed by atoms with Gasteiger partial charge in [-0.1, -0.05) is 23.4 Å². The molecule has 1 aromatic carbocycles. The lowest BCUT2D eigenvalue weighted by Crippen LogP contribution is -2.48. The Morgan fingerprint density at radius 1 is 1.24 bits per heavy atom. The minimum atomic E-state index is -1.18. The highest BCUT2D eigenvalue weighted by atomic mass is 16.5. The largest absolute Gasteiger partial charge is 0.496 e. The van der Waals surface area contributed by atoms with Gasteiger partial charge in [0.05, 0.1) is 13.7 Å². The van der Waals surface area contributed by atoms with E-state index in [0.717, 1.165) is 5.56 Å². The van der Waals surface area contributed by atoms with Gasteiger partial charge in [0.25, 0.3) is 5.91 Å². The van der Waals surface area contributed by atoms with E-state index in [1.165, 1.54) is 0 Å². The highest BCUT2D eigenvalue weighted by Crippen LogP contribution is 2.38. The number of hydrogen-bond donors (Lipinski definition) is 1. The highest BCUT2D eigenvalue weighted by molar-refractivity contribution is 6.00. The van der Waals surface area contributed by atoms with Gasteiger partial charge in [0.1, 0.15) is 28.4 Å². The van der Waals surface area contributed by atoms with Crippen molar-refractivity contribution in [2.75, 3.05) is 20.2 Å². The van der Waals surface area contributed by atoms with Crippen molar-refractivity contribution in [2.45, 2.75) is 25.4 Å². The van der Waals surface area contributed by atoms with Gasteiger partial charge in [-0.05, 0) is 38.0 Å². The van der Waals surface area contributed by atoms with Crippen molar-refractivity contribution in [3.05, 3.63) is 65.7 Å². The predicted octanol–water partition coefficient (Wildman–Crippen LogP) is 3.18. The Morgan fingerprint density at radius 2 is 2.00 bits per heavy atom. The molecule has 1 unspecified atom stereocenters. The van der Waals surface area contributed by atoms with Crippen LogP contribution in [0.15, 0.2) is 53.3 Å². The van der Waals surface area contributed by atoms with Gasteiger partial charge in [0.2, 0.25) is 0 Å². The first-order valence-electron chi connectivity index (χ1n) is 9.55. The molecule has 0 spiro atoms. The maximum Gasteiger partial charge on any atom is 0.259 e. The number of aryl methyl sites for hydroxylation is 1. The minimum absolute atomic E-state index is 0.173. The second kappa shape index (κ2) is 7.67. The van der Waals surface area contributed by atoms with Crippen LogP contribution in [-0.4, -0.2) is 46.3 Å². The van der Waals surface area contributed by atoms with Crippen molar-refractivity contribution in [1.82, 2.24) is 15.0 Å². The smallest absolute Gasteiger partial charge is 0.259 e. The molecule has 29 heavy (non-hydrogen) atoms. The third-order valence-corrected chi connectivity index (χ3v) is 5.40. The van der Waals surface area contributed by atoms with E-state index in [1.54, 1.807) is 43.5 Å². The van der Waals surface area contributed by atoms with Crippen molar-refractivity contribution in [1.29, 1.82) is 0 Å². The third-order valence-electron chi connectivity index (χ3n) is 5.40. The fraction of sp³-hybridized carbons (Fsp3) is 0.318. The molecule has 3 heterocycles. The van der Waals surface area contributed by atoms with E-state index in [4.69, 9.17) is 9.26 Å². The summed E-state index contributed by atoms with van der Waals surface area (Å²) >= 11 is 0. The van der Waals surface area contributed by atoms with Crippen LogP contribution >= 0.6 is 0 Å². The van der Waals surface area contributed by atoms with Crippen LogP contribution in [0.25, 0.3) is 11.3 Å². The number of ether oxygens (including phenoxy) is 1. The monoisotopic (exact) mass is 393 g/mol. The fourth-order valence-electron chi connectivity index (χ4n) is 3.95. The second-order valence-electron chi connectivity index (χ2n) is 7.26. The zero-order valence-corrected chi connectivity index (χ0v) is 16.5. The number of aliphatic hydroxyl groups is 1.